The lowest BCUT2D eigenvalue weighted by atomic mass is 9.86. The fourth-order valence-electron chi connectivity index (χ4n) is 3.44. The van der Waals surface area contributed by atoms with Gasteiger partial charge in [-0.3, -0.25) is 4.79 Å². The molecule has 2 aliphatic rings. The number of nitrogens with zero attached hydrogens (tertiary/aromatic N) is 1. The Morgan fingerprint density at radius 1 is 1.00 bits per heavy atom. The number of carboxylic acid groups (broad SMARTS) is 1. The van der Waals surface area contributed by atoms with Crippen molar-refractivity contribution in [2.75, 3.05) is 0 Å². The predicted octanol–water partition coefficient (Wildman–Crippen LogP) is 3.57. The van der Waals surface area contributed by atoms with E-state index in [-0.39, 0.29) is 11.5 Å². The topological polar surface area (TPSA) is 57.6 Å². The third-order valence-electron chi connectivity index (χ3n) is 4.91. The van der Waals surface area contributed by atoms with E-state index in [1.54, 1.807) is 12.1 Å². The van der Waals surface area contributed by atoms with E-state index in [1.807, 2.05) is 4.90 Å². The Labute approximate surface area is 131 Å². The first-order chi connectivity index (χ1) is 10.6. The van der Waals surface area contributed by atoms with Crippen molar-refractivity contribution >= 4 is 11.9 Å². The van der Waals surface area contributed by atoms with E-state index in [1.165, 1.54) is 25.0 Å². The molecule has 0 heterocycles. The van der Waals surface area contributed by atoms with E-state index in [9.17, 15) is 9.59 Å². The van der Waals surface area contributed by atoms with Gasteiger partial charge in [0.25, 0.3) is 5.91 Å². The fraction of sp³-hybridized carbons (Fsp3) is 0.556. The van der Waals surface area contributed by atoms with Crippen molar-refractivity contribution in [3.05, 3.63) is 35.4 Å². The SMILES string of the molecule is CC1CCC(N(C(=O)c2cccc(C(=O)O)c2)C2CC2)CC1. The van der Waals surface area contributed by atoms with E-state index < -0.39 is 5.97 Å². The van der Waals surface area contributed by atoms with Crippen LogP contribution in [-0.4, -0.2) is 34.0 Å². The average molecular weight is 301 g/mol. The van der Waals surface area contributed by atoms with Gasteiger partial charge in [0.15, 0.2) is 0 Å². The molecule has 2 saturated carbocycles. The van der Waals surface area contributed by atoms with Crippen LogP contribution in [0.4, 0.5) is 0 Å². The maximum absolute atomic E-state index is 12.9. The number of hydrogen-bond donors (Lipinski definition) is 1. The Morgan fingerprint density at radius 3 is 2.09 bits per heavy atom. The summed E-state index contributed by atoms with van der Waals surface area (Å²) in [6.07, 6.45) is 6.66. The molecule has 1 aromatic carbocycles. The monoisotopic (exact) mass is 301 g/mol. The summed E-state index contributed by atoms with van der Waals surface area (Å²) >= 11 is 0. The van der Waals surface area contributed by atoms with Gasteiger partial charge in [-0.25, -0.2) is 4.79 Å². The van der Waals surface area contributed by atoms with Crippen LogP contribution in [0.5, 0.6) is 0 Å². The van der Waals surface area contributed by atoms with Crippen molar-refractivity contribution in [3.8, 4) is 0 Å². The zero-order chi connectivity index (χ0) is 15.7. The maximum Gasteiger partial charge on any atom is 0.335 e. The number of hydrogen-bond acceptors (Lipinski definition) is 2. The van der Waals surface area contributed by atoms with Crippen LogP contribution in [0, 0.1) is 5.92 Å². The van der Waals surface area contributed by atoms with Crippen LogP contribution in [0.2, 0.25) is 0 Å². The highest BCUT2D eigenvalue weighted by Crippen LogP contribution is 2.36. The quantitative estimate of drug-likeness (QED) is 0.925. The normalized spacial score (nSPS) is 24.8. The van der Waals surface area contributed by atoms with Crippen LogP contribution in [0.1, 0.15) is 66.2 Å². The first-order valence-electron chi connectivity index (χ1n) is 8.22. The van der Waals surface area contributed by atoms with Gasteiger partial charge in [-0.05, 0) is 62.6 Å². The van der Waals surface area contributed by atoms with Gasteiger partial charge in [0.05, 0.1) is 5.56 Å². The third-order valence-corrected chi connectivity index (χ3v) is 4.91. The van der Waals surface area contributed by atoms with Crippen LogP contribution >= 0.6 is 0 Å². The number of aromatic carboxylic acids is 1. The Morgan fingerprint density at radius 2 is 1.55 bits per heavy atom. The zero-order valence-electron chi connectivity index (χ0n) is 13.0. The number of benzene rings is 1. The van der Waals surface area contributed by atoms with Crippen LogP contribution in [0.15, 0.2) is 24.3 Å². The largest absolute Gasteiger partial charge is 0.478 e. The summed E-state index contributed by atoms with van der Waals surface area (Å²) in [5, 5.41) is 9.10. The van der Waals surface area contributed by atoms with Gasteiger partial charge in [0.1, 0.15) is 0 Å². The molecule has 0 radical (unpaired) electrons. The van der Waals surface area contributed by atoms with E-state index in [0.717, 1.165) is 31.6 Å². The average Bonchev–Trinajstić information content (AvgIpc) is 3.34. The lowest BCUT2D eigenvalue weighted by Gasteiger charge is -2.36. The summed E-state index contributed by atoms with van der Waals surface area (Å²) in [7, 11) is 0. The minimum absolute atomic E-state index is 0.00477. The second-order valence-corrected chi connectivity index (χ2v) is 6.74. The highest BCUT2D eigenvalue weighted by Gasteiger charge is 2.38. The van der Waals surface area contributed by atoms with Crippen LogP contribution in [0.3, 0.4) is 0 Å². The molecular formula is C18H23NO3. The van der Waals surface area contributed by atoms with Gasteiger partial charge < -0.3 is 10.0 Å². The Balaban J connectivity index is 1.81. The molecule has 22 heavy (non-hydrogen) atoms. The van der Waals surface area contributed by atoms with Gasteiger partial charge in [-0.1, -0.05) is 13.0 Å². The molecule has 2 fully saturated rings. The second-order valence-electron chi connectivity index (χ2n) is 6.74. The number of amides is 1. The molecule has 0 aromatic heterocycles. The zero-order valence-corrected chi connectivity index (χ0v) is 13.0. The fourth-order valence-corrected chi connectivity index (χ4v) is 3.44. The highest BCUT2D eigenvalue weighted by molar-refractivity contribution is 5.98. The number of carboxylic acids is 1. The van der Waals surface area contributed by atoms with Crippen LogP contribution in [-0.2, 0) is 0 Å². The summed E-state index contributed by atoms with van der Waals surface area (Å²) in [5.74, 6) is -0.230. The van der Waals surface area contributed by atoms with Crippen LogP contribution in [0.25, 0.3) is 0 Å². The number of carbonyl (C=O) groups excluding carboxylic acids is 1. The summed E-state index contributed by atoms with van der Waals surface area (Å²) in [6.45, 7) is 2.27. The molecule has 1 N–H and O–H groups in total. The summed E-state index contributed by atoms with van der Waals surface area (Å²) in [6, 6.07) is 7.11. The van der Waals surface area contributed by atoms with Crippen molar-refractivity contribution in [1.82, 2.24) is 4.90 Å². The molecule has 0 unspecified atom stereocenters. The number of rotatable bonds is 4. The summed E-state index contributed by atoms with van der Waals surface area (Å²) in [4.78, 5) is 26.1. The van der Waals surface area contributed by atoms with Crippen molar-refractivity contribution in [1.29, 1.82) is 0 Å². The van der Waals surface area contributed by atoms with Gasteiger partial charge in [-0.15, -0.1) is 0 Å². The van der Waals surface area contributed by atoms with E-state index in [0.29, 0.717) is 17.6 Å². The minimum Gasteiger partial charge on any atom is -0.478 e. The van der Waals surface area contributed by atoms with E-state index in [4.69, 9.17) is 5.11 Å². The molecule has 2 aliphatic carbocycles. The first kappa shape index (κ1) is 15.1. The van der Waals surface area contributed by atoms with E-state index in [2.05, 4.69) is 6.92 Å². The van der Waals surface area contributed by atoms with Gasteiger partial charge in [0, 0.05) is 17.6 Å². The smallest absolute Gasteiger partial charge is 0.335 e. The Kier molecular flexibility index (Phi) is 4.19. The molecule has 4 nitrogen and oxygen atoms in total. The molecule has 0 aliphatic heterocycles. The molecule has 0 saturated heterocycles. The molecule has 1 amide bonds. The van der Waals surface area contributed by atoms with Crippen molar-refractivity contribution < 1.29 is 14.7 Å². The lowest BCUT2D eigenvalue weighted by molar-refractivity contribution is 0.0593. The predicted molar refractivity (Wildman–Crippen MR) is 84.0 cm³/mol. The van der Waals surface area contributed by atoms with Crippen molar-refractivity contribution in [2.45, 2.75) is 57.5 Å². The first-order valence-corrected chi connectivity index (χ1v) is 8.22. The molecule has 0 bridgehead atoms. The summed E-state index contributed by atoms with van der Waals surface area (Å²) in [5.41, 5.74) is 0.685. The second kappa shape index (κ2) is 6.11. The molecule has 0 atom stereocenters. The minimum atomic E-state index is -0.987. The molecule has 1 aromatic rings. The Bertz CT molecular complexity index is 571. The standard InChI is InChI=1S/C18H23NO3/c1-12-5-7-15(8-6-12)19(16-9-10-16)17(20)13-3-2-4-14(11-13)18(21)22/h2-4,11-12,15-16H,5-10H2,1H3,(H,21,22). The molecule has 3 rings (SSSR count). The molecule has 4 heteroatoms. The van der Waals surface area contributed by atoms with Crippen LogP contribution < -0.4 is 0 Å². The Hall–Kier alpha value is -1.84. The van der Waals surface area contributed by atoms with Crippen molar-refractivity contribution in [2.24, 2.45) is 5.92 Å². The maximum atomic E-state index is 12.9. The van der Waals surface area contributed by atoms with Gasteiger partial charge >= 0.3 is 5.97 Å². The highest BCUT2D eigenvalue weighted by atomic mass is 16.4. The summed E-state index contributed by atoms with van der Waals surface area (Å²) < 4.78 is 0. The third kappa shape index (κ3) is 3.16. The molecule has 118 valence electrons. The molecule has 0 spiro atoms. The van der Waals surface area contributed by atoms with Gasteiger partial charge in [0.2, 0.25) is 0 Å². The van der Waals surface area contributed by atoms with Crippen molar-refractivity contribution in [3.63, 3.8) is 0 Å². The van der Waals surface area contributed by atoms with E-state index >= 15 is 0 Å². The number of carbonyl (C=O) groups is 2. The lowest BCUT2D eigenvalue weighted by Crippen LogP contribution is -2.43. The molecular weight excluding hydrogens is 278 g/mol. The van der Waals surface area contributed by atoms with Gasteiger partial charge in [-0.2, -0.15) is 0 Å².